The Morgan fingerprint density at radius 1 is 1.29 bits per heavy atom. The highest BCUT2D eigenvalue weighted by atomic mass is 35.5. The summed E-state index contributed by atoms with van der Waals surface area (Å²) < 4.78 is 20.5. The van der Waals surface area contributed by atoms with E-state index in [9.17, 15) is 9.67 Å². The first-order valence-electron chi connectivity index (χ1n) is 5.31. The third kappa shape index (κ3) is 4.90. The highest BCUT2D eigenvalue weighted by molar-refractivity contribution is 8.00. The molecule has 0 saturated carbocycles. The first kappa shape index (κ1) is 18.0. The quantitative estimate of drug-likeness (QED) is 0.417. The van der Waals surface area contributed by atoms with Crippen molar-refractivity contribution in [1.82, 2.24) is 0 Å². The topological polar surface area (TPSA) is 55.8 Å². The maximum atomic E-state index is 12.4. The molecule has 0 heterocycles. The molecule has 4 nitrogen and oxygen atoms in total. The molecule has 104 valence electrons. The molecule has 0 radical (unpaired) electrons. The van der Waals surface area contributed by atoms with Crippen LogP contribution in [0.3, 0.4) is 0 Å². The lowest BCUT2D eigenvalue weighted by molar-refractivity contribution is 0.191. The molecule has 17 heavy (non-hydrogen) atoms. The molecule has 1 unspecified atom stereocenters. The zero-order valence-electron chi connectivity index (χ0n) is 10.4. The van der Waals surface area contributed by atoms with Gasteiger partial charge >= 0.3 is 7.60 Å². The molecular formula is C9H19Cl2O4PS. The Morgan fingerprint density at radius 2 is 1.71 bits per heavy atom. The van der Waals surface area contributed by atoms with Crippen molar-refractivity contribution in [2.24, 2.45) is 0 Å². The third-order valence-corrected chi connectivity index (χ3v) is 7.08. The van der Waals surface area contributed by atoms with Gasteiger partial charge in [-0.25, -0.2) is 0 Å². The van der Waals surface area contributed by atoms with E-state index >= 15 is 0 Å². The van der Waals surface area contributed by atoms with Crippen molar-refractivity contribution in [2.45, 2.75) is 42.5 Å². The Hall–Kier alpha value is 1.04. The fraction of sp³-hybridized carbons (Fsp3) is 1.00. The van der Waals surface area contributed by atoms with Crippen LogP contribution in [-0.2, 0) is 13.6 Å². The van der Waals surface area contributed by atoms with Crippen LogP contribution in [0.15, 0.2) is 0 Å². The number of hydrogen-bond donors (Lipinski definition) is 1. The van der Waals surface area contributed by atoms with Crippen LogP contribution in [0.4, 0.5) is 0 Å². The van der Waals surface area contributed by atoms with Gasteiger partial charge in [0.2, 0.25) is 0 Å². The molecule has 1 atom stereocenters. The minimum atomic E-state index is -3.77. The lowest BCUT2D eigenvalue weighted by Gasteiger charge is -2.32. The summed E-state index contributed by atoms with van der Waals surface area (Å²) in [6.45, 7) is 7.30. The van der Waals surface area contributed by atoms with E-state index in [2.05, 4.69) is 0 Å². The molecule has 0 bridgehead atoms. The minimum Gasteiger partial charge on any atom is -0.379 e. The minimum absolute atomic E-state index is 0.0820. The van der Waals surface area contributed by atoms with Crippen LogP contribution in [0.1, 0.15) is 27.7 Å². The lowest BCUT2D eigenvalue weighted by atomic mass is 10.6. The molecule has 0 aromatic rings. The Balaban J connectivity index is 4.99. The summed E-state index contributed by atoms with van der Waals surface area (Å²) in [5, 5.41) is 9.99. The summed E-state index contributed by atoms with van der Waals surface area (Å²) in [7, 11) is -3.77. The average molecular weight is 325 g/mol. The van der Waals surface area contributed by atoms with Gasteiger partial charge in [0.1, 0.15) is 5.44 Å². The fourth-order valence-corrected chi connectivity index (χ4v) is 4.54. The molecule has 8 heteroatoms. The molecule has 0 aromatic carbocycles. The predicted octanol–water partition coefficient (Wildman–Crippen LogP) is 3.84. The molecule has 0 aliphatic rings. The number of aliphatic hydroxyl groups is 1. The van der Waals surface area contributed by atoms with E-state index < -0.39 is 17.1 Å². The van der Waals surface area contributed by atoms with Gasteiger partial charge in [0, 0.05) is 5.25 Å². The number of hydrogen-bond acceptors (Lipinski definition) is 5. The van der Waals surface area contributed by atoms with Crippen molar-refractivity contribution in [2.75, 3.05) is 13.2 Å². The van der Waals surface area contributed by atoms with Gasteiger partial charge in [-0.15, -0.1) is 11.8 Å². The second-order valence-electron chi connectivity index (χ2n) is 3.46. The maximum Gasteiger partial charge on any atom is 0.370 e. The van der Waals surface area contributed by atoms with Crippen molar-refractivity contribution in [3.8, 4) is 0 Å². The van der Waals surface area contributed by atoms with Crippen LogP contribution >= 0.6 is 42.6 Å². The van der Waals surface area contributed by atoms with Crippen molar-refractivity contribution in [1.29, 1.82) is 0 Å². The van der Waals surface area contributed by atoms with Crippen LogP contribution in [0.2, 0.25) is 0 Å². The fourth-order valence-electron chi connectivity index (χ4n) is 1.02. The molecule has 0 saturated heterocycles. The molecule has 0 aromatic heterocycles. The Morgan fingerprint density at radius 3 is 2.00 bits per heavy atom. The Labute approximate surface area is 117 Å². The molecule has 0 aliphatic carbocycles. The van der Waals surface area contributed by atoms with Gasteiger partial charge in [-0.05, 0) is 13.8 Å². The summed E-state index contributed by atoms with van der Waals surface area (Å²) in [4.78, 5) is 0. The van der Waals surface area contributed by atoms with Gasteiger partial charge in [-0.1, -0.05) is 37.0 Å². The van der Waals surface area contributed by atoms with E-state index in [1.807, 2.05) is 13.8 Å². The van der Waals surface area contributed by atoms with Crippen LogP contribution in [0, 0.1) is 0 Å². The largest absolute Gasteiger partial charge is 0.379 e. The average Bonchev–Trinajstić information content (AvgIpc) is 2.16. The SMILES string of the molecule is CCOP(=O)(OCC)C(Cl)(Cl)C(O)SC(C)C. The number of thioether (sulfide) groups is 1. The lowest BCUT2D eigenvalue weighted by Crippen LogP contribution is -2.31. The van der Waals surface area contributed by atoms with E-state index in [1.165, 1.54) is 0 Å². The monoisotopic (exact) mass is 324 g/mol. The van der Waals surface area contributed by atoms with Crippen LogP contribution < -0.4 is 0 Å². The molecule has 0 aliphatic heterocycles. The number of rotatable bonds is 8. The third-order valence-electron chi connectivity index (χ3n) is 1.66. The zero-order valence-corrected chi connectivity index (χ0v) is 13.6. The first-order chi connectivity index (χ1) is 7.71. The second-order valence-corrected chi connectivity index (χ2v) is 9.25. The highest BCUT2D eigenvalue weighted by Crippen LogP contribution is 2.67. The van der Waals surface area contributed by atoms with E-state index in [4.69, 9.17) is 32.2 Å². The van der Waals surface area contributed by atoms with E-state index in [0.717, 1.165) is 11.8 Å². The van der Waals surface area contributed by atoms with Gasteiger partial charge in [-0.3, -0.25) is 4.57 Å². The van der Waals surface area contributed by atoms with E-state index in [1.54, 1.807) is 13.8 Å². The Kier molecular flexibility index (Phi) is 8.05. The molecular weight excluding hydrogens is 306 g/mol. The molecule has 0 amide bonds. The molecule has 0 fully saturated rings. The summed E-state index contributed by atoms with van der Waals surface area (Å²) in [5.74, 6) is 0. The zero-order chi connectivity index (χ0) is 13.7. The summed E-state index contributed by atoms with van der Waals surface area (Å²) >= 11 is 13.1. The van der Waals surface area contributed by atoms with Crippen molar-refractivity contribution >= 4 is 42.6 Å². The summed E-state index contributed by atoms with van der Waals surface area (Å²) in [6, 6.07) is 0. The van der Waals surface area contributed by atoms with Crippen LogP contribution in [0.5, 0.6) is 0 Å². The molecule has 0 spiro atoms. The van der Waals surface area contributed by atoms with E-state index in [-0.39, 0.29) is 18.5 Å². The van der Waals surface area contributed by atoms with Crippen molar-refractivity contribution in [3.63, 3.8) is 0 Å². The van der Waals surface area contributed by atoms with Crippen LogP contribution in [0.25, 0.3) is 0 Å². The van der Waals surface area contributed by atoms with Crippen LogP contribution in [-0.4, -0.2) is 33.1 Å². The van der Waals surface area contributed by atoms with Crippen molar-refractivity contribution < 1.29 is 18.7 Å². The smallest absolute Gasteiger partial charge is 0.370 e. The van der Waals surface area contributed by atoms with Gasteiger partial charge in [0.25, 0.3) is 4.07 Å². The Bertz CT molecular complexity index is 266. The highest BCUT2D eigenvalue weighted by Gasteiger charge is 2.54. The van der Waals surface area contributed by atoms with Gasteiger partial charge < -0.3 is 14.2 Å². The normalized spacial score (nSPS) is 15.3. The molecule has 0 rings (SSSR count). The summed E-state index contributed by atoms with van der Waals surface area (Å²) in [6.07, 6.45) is 0. The standard InChI is InChI=1S/C9H19Cl2O4PS/c1-5-14-16(13,15-6-2)9(10,11)8(12)17-7(3)4/h7-8,12H,5-6H2,1-4H3. The first-order valence-corrected chi connectivity index (χ1v) is 8.56. The maximum absolute atomic E-state index is 12.4. The summed E-state index contributed by atoms with van der Waals surface area (Å²) in [5.41, 5.74) is -1.25. The number of halogens is 2. The van der Waals surface area contributed by atoms with E-state index in [0.29, 0.717) is 0 Å². The van der Waals surface area contributed by atoms with Gasteiger partial charge in [0.15, 0.2) is 0 Å². The van der Waals surface area contributed by atoms with Crippen molar-refractivity contribution in [3.05, 3.63) is 0 Å². The predicted molar refractivity (Wildman–Crippen MR) is 74.0 cm³/mol. The second kappa shape index (κ2) is 7.59. The van der Waals surface area contributed by atoms with Gasteiger partial charge in [0.05, 0.1) is 13.2 Å². The number of aliphatic hydroxyl groups excluding tert-OH is 1. The number of alkyl halides is 2. The molecule has 1 N–H and O–H groups in total. The van der Waals surface area contributed by atoms with Gasteiger partial charge in [-0.2, -0.15) is 0 Å².